The van der Waals surface area contributed by atoms with Crippen LogP contribution in [0.15, 0.2) is 65.4 Å². The van der Waals surface area contributed by atoms with Crippen LogP contribution in [0.2, 0.25) is 0 Å². The number of hydrogen-bond acceptors (Lipinski definition) is 3. The number of rotatable bonds is 2. The van der Waals surface area contributed by atoms with Gasteiger partial charge in [-0.05, 0) is 23.6 Å². The zero-order valence-corrected chi connectivity index (χ0v) is 12.5. The second kappa shape index (κ2) is 5.31. The summed E-state index contributed by atoms with van der Waals surface area (Å²) >= 11 is 1.56. The molecule has 1 amide bonds. The summed E-state index contributed by atoms with van der Waals surface area (Å²) in [5.41, 5.74) is 2.62. The Hall–Kier alpha value is -2.59. The number of benzene rings is 2. The van der Waals surface area contributed by atoms with Crippen LogP contribution in [-0.2, 0) is 4.79 Å². The third-order valence-electron chi connectivity index (χ3n) is 3.73. The molecule has 2 heterocycles. The van der Waals surface area contributed by atoms with E-state index in [9.17, 15) is 4.79 Å². The monoisotopic (exact) mass is 307 g/mol. The molecule has 0 bridgehead atoms. The van der Waals surface area contributed by atoms with Crippen LogP contribution < -0.4 is 10.1 Å². The fourth-order valence-electron chi connectivity index (χ4n) is 2.74. The quantitative estimate of drug-likeness (QED) is 0.750. The molecule has 0 atom stereocenters. The van der Waals surface area contributed by atoms with Gasteiger partial charge in [0.15, 0.2) is 0 Å². The van der Waals surface area contributed by atoms with E-state index in [-0.39, 0.29) is 11.8 Å². The third-order valence-corrected chi connectivity index (χ3v) is 4.41. The molecule has 3 aromatic rings. The largest absolute Gasteiger partial charge is 0.457 e. The Bertz CT molecular complexity index is 781. The molecule has 1 aliphatic heterocycles. The highest BCUT2D eigenvalue weighted by atomic mass is 32.1. The number of anilines is 1. The van der Waals surface area contributed by atoms with Gasteiger partial charge in [0.25, 0.3) is 0 Å². The van der Waals surface area contributed by atoms with Gasteiger partial charge >= 0.3 is 0 Å². The first-order valence-electron chi connectivity index (χ1n) is 7.02. The second-order valence-corrected chi connectivity index (χ2v) is 5.89. The highest BCUT2D eigenvalue weighted by molar-refractivity contribution is 7.08. The minimum atomic E-state index is -0.360. The Morgan fingerprint density at radius 3 is 2.18 bits per heavy atom. The van der Waals surface area contributed by atoms with Gasteiger partial charge in [0.2, 0.25) is 5.91 Å². The van der Waals surface area contributed by atoms with E-state index in [1.807, 2.05) is 65.4 Å². The molecule has 0 spiro atoms. The molecular formula is C18H13NO2S. The van der Waals surface area contributed by atoms with Crippen LogP contribution in [0.5, 0.6) is 11.5 Å². The number of amides is 1. The highest BCUT2D eigenvalue weighted by Crippen LogP contribution is 2.44. The number of carbonyl (C=O) groups excluding carboxylic acids is 1. The van der Waals surface area contributed by atoms with E-state index in [1.54, 1.807) is 11.3 Å². The van der Waals surface area contributed by atoms with Crippen molar-refractivity contribution in [1.29, 1.82) is 0 Å². The smallest absolute Gasteiger partial charge is 0.236 e. The van der Waals surface area contributed by atoms with Crippen molar-refractivity contribution in [3.05, 3.63) is 76.5 Å². The van der Waals surface area contributed by atoms with E-state index in [1.165, 1.54) is 0 Å². The number of nitrogens with one attached hydrogen (secondary N) is 1. The molecular weight excluding hydrogens is 294 g/mol. The van der Waals surface area contributed by atoms with Gasteiger partial charge in [0.05, 0.1) is 11.6 Å². The first-order valence-corrected chi connectivity index (χ1v) is 7.96. The van der Waals surface area contributed by atoms with Crippen molar-refractivity contribution >= 4 is 22.9 Å². The Balaban J connectivity index is 1.79. The van der Waals surface area contributed by atoms with Gasteiger partial charge in [-0.3, -0.25) is 4.79 Å². The van der Waals surface area contributed by atoms with Crippen molar-refractivity contribution in [1.82, 2.24) is 0 Å². The van der Waals surface area contributed by atoms with E-state index in [2.05, 4.69) is 5.32 Å². The van der Waals surface area contributed by atoms with Crippen LogP contribution in [0.4, 0.5) is 5.69 Å². The van der Waals surface area contributed by atoms with Crippen molar-refractivity contribution in [2.24, 2.45) is 0 Å². The Morgan fingerprint density at radius 2 is 1.59 bits per heavy atom. The number of hydrogen-bond donors (Lipinski definition) is 1. The van der Waals surface area contributed by atoms with Gasteiger partial charge in [-0.15, -0.1) is 0 Å². The van der Waals surface area contributed by atoms with Crippen molar-refractivity contribution in [2.75, 3.05) is 5.32 Å². The van der Waals surface area contributed by atoms with E-state index < -0.39 is 0 Å². The number of fused-ring (bicyclic) bond motifs is 2. The standard InChI is InChI=1S/C18H13NO2S/c20-18(19-12-9-10-22-11-12)17-13-5-1-3-7-15(13)21-16-8-4-2-6-14(16)17/h1-11,17H,(H,19,20). The van der Waals surface area contributed by atoms with E-state index in [0.717, 1.165) is 28.3 Å². The fraction of sp³-hybridized carbons (Fsp3) is 0.0556. The van der Waals surface area contributed by atoms with Crippen LogP contribution in [0, 0.1) is 0 Å². The predicted molar refractivity (Wildman–Crippen MR) is 87.7 cm³/mol. The molecule has 1 aliphatic rings. The average Bonchev–Trinajstić information content (AvgIpc) is 3.05. The Kier molecular flexibility index (Phi) is 3.16. The molecule has 0 saturated carbocycles. The highest BCUT2D eigenvalue weighted by Gasteiger charge is 2.32. The van der Waals surface area contributed by atoms with E-state index >= 15 is 0 Å². The zero-order valence-electron chi connectivity index (χ0n) is 11.7. The first kappa shape index (κ1) is 13.1. The second-order valence-electron chi connectivity index (χ2n) is 5.11. The summed E-state index contributed by atoms with van der Waals surface area (Å²) in [6.07, 6.45) is 0. The number of thiophene rings is 1. The molecule has 0 saturated heterocycles. The lowest BCUT2D eigenvalue weighted by Gasteiger charge is -2.27. The molecule has 3 nitrogen and oxygen atoms in total. The van der Waals surface area contributed by atoms with Crippen molar-refractivity contribution in [3.8, 4) is 11.5 Å². The van der Waals surface area contributed by atoms with E-state index in [4.69, 9.17) is 4.74 Å². The average molecular weight is 307 g/mol. The molecule has 108 valence electrons. The first-order chi connectivity index (χ1) is 10.8. The van der Waals surface area contributed by atoms with Crippen molar-refractivity contribution in [3.63, 3.8) is 0 Å². The van der Waals surface area contributed by atoms with Gasteiger partial charge in [-0.2, -0.15) is 11.3 Å². The normalized spacial score (nSPS) is 12.9. The molecule has 1 aromatic heterocycles. The molecule has 0 aliphatic carbocycles. The summed E-state index contributed by atoms with van der Waals surface area (Å²) in [6.45, 7) is 0. The molecule has 0 radical (unpaired) electrons. The van der Waals surface area contributed by atoms with Crippen LogP contribution in [0.3, 0.4) is 0 Å². The molecule has 0 fully saturated rings. The molecule has 1 N–H and O–H groups in total. The van der Waals surface area contributed by atoms with Crippen LogP contribution in [0.1, 0.15) is 17.0 Å². The summed E-state index contributed by atoms with van der Waals surface area (Å²) < 4.78 is 5.92. The van der Waals surface area contributed by atoms with Gasteiger partial charge in [-0.25, -0.2) is 0 Å². The van der Waals surface area contributed by atoms with Gasteiger partial charge < -0.3 is 10.1 Å². The third kappa shape index (κ3) is 2.18. The molecule has 0 unspecified atom stereocenters. The molecule has 4 rings (SSSR count). The van der Waals surface area contributed by atoms with Crippen LogP contribution in [0.25, 0.3) is 0 Å². The molecule has 2 aromatic carbocycles. The van der Waals surface area contributed by atoms with Gasteiger partial charge in [0.1, 0.15) is 11.5 Å². The Labute approximate surface area is 132 Å². The lowest BCUT2D eigenvalue weighted by atomic mass is 9.87. The Morgan fingerprint density at radius 1 is 0.955 bits per heavy atom. The zero-order chi connectivity index (χ0) is 14.9. The van der Waals surface area contributed by atoms with Gasteiger partial charge in [-0.1, -0.05) is 36.4 Å². The summed E-state index contributed by atoms with van der Waals surface area (Å²) in [6, 6.07) is 17.3. The minimum Gasteiger partial charge on any atom is -0.457 e. The van der Waals surface area contributed by atoms with Crippen LogP contribution >= 0.6 is 11.3 Å². The molecule has 4 heteroatoms. The van der Waals surface area contributed by atoms with Crippen molar-refractivity contribution in [2.45, 2.75) is 5.92 Å². The topological polar surface area (TPSA) is 38.3 Å². The molecule has 22 heavy (non-hydrogen) atoms. The minimum absolute atomic E-state index is 0.0402. The number of carbonyl (C=O) groups is 1. The fourth-order valence-corrected chi connectivity index (χ4v) is 3.33. The number of para-hydroxylation sites is 2. The summed E-state index contributed by atoms with van der Waals surface area (Å²) in [5.74, 6) is 1.08. The maximum absolute atomic E-state index is 12.8. The lowest BCUT2D eigenvalue weighted by Crippen LogP contribution is -2.24. The predicted octanol–water partition coefficient (Wildman–Crippen LogP) is 4.62. The SMILES string of the molecule is O=C(Nc1ccsc1)C1c2ccccc2Oc2ccccc21. The summed E-state index contributed by atoms with van der Waals surface area (Å²) in [7, 11) is 0. The summed E-state index contributed by atoms with van der Waals surface area (Å²) in [4.78, 5) is 12.8. The van der Waals surface area contributed by atoms with E-state index in [0.29, 0.717) is 0 Å². The van der Waals surface area contributed by atoms with Crippen molar-refractivity contribution < 1.29 is 9.53 Å². The van der Waals surface area contributed by atoms with Gasteiger partial charge in [0, 0.05) is 16.5 Å². The maximum Gasteiger partial charge on any atom is 0.236 e. The summed E-state index contributed by atoms with van der Waals surface area (Å²) in [5, 5.41) is 6.86. The number of ether oxygens (including phenoxy) is 1. The maximum atomic E-state index is 12.8. The van der Waals surface area contributed by atoms with Crippen LogP contribution in [-0.4, -0.2) is 5.91 Å². The lowest BCUT2D eigenvalue weighted by molar-refractivity contribution is -0.116.